The van der Waals surface area contributed by atoms with Crippen molar-refractivity contribution >= 4 is 46.5 Å². The molecule has 2 aromatic rings. The van der Waals surface area contributed by atoms with Crippen molar-refractivity contribution in [1.29, 1.82) is 0 Å². The molecule has 0 aliphatic heterocycles. The monoisotopic (exact) mass is 360 g/mol. The van der Waals surface area contributed by atoms with Gasteiger partial charge in [-0.1, -0.05) is 34.8 Å². The summed E-state index contributed by atoms with van der Waals surface area (Å²) in [5, 5.41) is 20.4. The number of carboxylic acid groups (broad SMARTS) is 1. The lowest BCUT2D eigenvalue weighted by molar-refractivity contribution is -0.385. The summed E-state index contributed by atoms with van der Waals surface area (Å²) in [5.41, 5.74) is 0.340. The molecule has 0 aliphatic rings. The molecular formula is C13H7Cl3N2O4. The number of carboxylic acids is 1. The van der Waals surface area contributed by atoms with Crippen LogP contribution < -0.4 is 0 Å². The van der Waals surface area contributed by atoms with E-state index in [1.165, 1.54) is 24.4 Å². The van der Waals surface area contributed by atoms with Crippen LogP contribution in [-0.4, -0.2) is 21.0 Å². The van der Waals surface area contributed by atoms with Gasteiger partial charge in [-0.25, -0.2) is 0 Å². The summed E-state index contributed by atoms with van der Waals surface area (Å²) in [6.07, 6.45) is 0.778. The second kappa shape index (κ2) is 6.48. The number of hydrogen-bond acceptors (Lipinski definition) is 4. The minimum Gasteiger partial charge on any atom is -0.481 e. The smallest absolute Gasteiger partial charge is 0.309 e. The van der Waals surface area contributed by atoms with Gasteiger partial charge in [0.2, 0.25) is 0 Å². The zero-order valence-corrected chi connectivity index (χ0v) is 13.0. The van der Waals surface area contributed by atoms with Gasteiger partial charge in [-0.3, -0.25) is 19.9 Å². The molecule has 6 nitrogen and oxygen atoms in total. The molecule has 2 rings (SSSR count). The van der Waals surface area contributed by atoms with Crippen molar-refractivity contribution in [3.8, 4) is 11.1 Å². The van der Waals surface area contributed by atoms with Crippen molar-refractivity contribution in [2.75, 3.05) is 0 Å². The van der Waals surface area contributed by atoms with Gasteiger partial charge in [0.1, 0.15) is 5.69 Å². The van der Waals surface area contributed by atoms with Gasteiger partial charge in [-0.05, 0) is 17.7 Å². The van der Waals surface area contributed by atoms with Crippen LogP contribution in [0.15, 0.2) is 24.4 Å². The number of carbonyl (C=O) groups is 1. The van der Waals surface area contributed by atoms with E-state index in [4.69, 9.17) is 39.9 Å². The highest BCUT2D eigenvalue weighted by Crippen LogP contribution is 2.36. The van der Waals surface area contributed by atoms with E-state index in [0.717, 1.165) is 0 Å². The quantitative estimate of drug-likeness (QED) is 0.499. The Balaban J connectivity index is 2.56. The molecule has 1 N–H and O–H groups in total. The number of aliphatic carboxylic acids is 1. The van der Waals surface area contributed by atoms with Gasteiger partial charge >= 0.3 is 5.97 Å². The molecule has 0 atom stereocenters. The average Bonchev–Trinajstić information content (AvgIpc) is 2.43. The second-order valence-electron chi connectivity index (χ2n) is 4.27. The number of hydrogen-bond donors (Lipinski definition) is 1. The van der Waals surface area contributed by atoms with Crippen LogP contribution >= 0.6 is 34.8 Å². The first-order chi connectivity index (χ1) is 10.3. The van der Waals surface area contributed by atoms with Crippen molar-refractivity contribution < 1.29 is 14.8 Å². The van der Waals surface area contributed by atoms with Gasteiger partial charge in [0.25, 0.3) is 5.69 Å². The van der Waals surface area contributed by atoms with E-state index < -0.39 is 17.3 Å². The molecule has 22 heavy (non-hydrogen) atoms. The van der Waals surface area contributed by atoms with Crippen molar-refractivity contribution in [2.24, 2.45) is 0 Å². The highest BCUT2D eigenvalue weighted by atomic mass is 35.5. The molecule has 0 unspecified atom stereocenters. The lowest BCUT2D eigenvalue weighted by Crippen LogP contribution is -2.06. The Morgan fingerprint density at radius 1 is 1.18 bits per heavy atom. The zero-order chi connectivity index (χ0) is 16.4. The van der Waals surface area contributed by atoms with Crippen LogP contribution in [0, 0.1) is 10.1 Å². The fourth-order valence-electron chi connectivity index (χ4n) is 1.80. The molecule has 1 aromatic carbocycles. The fourth-order valence-corrected chi connectivity index (χ4v) is 2.40. The molecule has 0 amide bonds. The lowest BCUT2D eigenvalue weighted by Gasteiger charge is -2.07. The summed E-state index contributed by atoms with van der Waals surface area (Å²) in [5.74, 6) is -1.21. The second-order valence-corrected chi connectivity index (χ2v) is 5.46. The number of pyridine rings is 1. The van der Waals surface area contributed by atoms with Gasteiger partial charge in [0, 0.05) is 17.8 Å². The average molecular weight is 362 g/mol. The van der Waals surface area contributed by atoms with Crippen LogP contribution in [0.2, 0.25) is 15.1 Å². The first-order valence-corrected chi connectivity index (χ1v) is 6.93. The van der Waals surface area contributed by atoms with Gasteiger partial charge in [0.15, 0.2) is 0 Å². The third kappa shape index (κ3) is 3.47. The first kappa shape index (κ1) is 16.5. The molecule has 0 fully saturated rings. The largest absolute Gasteiger partial charge is 0.481 e. The number of rotatable bonds is 4. The maximum atomic E-state index is 11.1. The fraction of sp³-hybridized carbons (Fsp3) is 0.0769. The Labute approximate surface area is 139 Å². The number of nitro groups is 1. The van der Waals surface area contributed by atoms with Crippen LogP contribution in [0.4, 0.5) is 5.69 Å². The molecule has 0 spiro atoms. The Bertz CT molecular complexity index is 757. The Morgan fingerprint density at radius 3 is 2.27 bits per heavy atom. The highest BCUT2D eigenvalue weighted by Gasteiger charge is 2.19. The van der Waals surface area contributed by atoms with Crippen molar-refractivity contribution in [1.82, 2.24) is 4.98 Å². The zero-order valence-electron chi connectivity index (χ0n) is 10.7. The molecule has 0 bridgehead atoms. The number of aromatic nitrogens is 1. The number of nitrogens with zero attached hydrogens (tertiary/aromatic N) is 2. The van der Waals surface area contributed by atoms with E-state index in [1.54, 1.807) is 0 Å². The predicted octanol–water partition coefficient (Wildman–Crippen LogP) is 4.24. The normalized spacial score (nSPS) is 10.5. The third-order valence-corrected chi connectivity index (χ3v) is 3.98. The maximum Gasteiger partial charge on any atom is 0.309 e. The summed E-state index contributed by atoms with van der Waals surface area (Å²) >= 11 is 17.7. The lowest BCUT2D eigenvalue weighted by atomic mass is 10.1. The first-order valence-electron chi connectivity index (χ1n) is 5.79. The van der Waals surface area contributed by atoms with E-state index in [2.05, 4.69) is 4.98 Å². The molecule has 114 valence electrons. The van der Waals surface area contributed by atoms with Crippen LogP contribution in [-0.2, 0) is 11.2 Å². The van der Waals surface area contributed by atoms with Crippen molar-refractivity contribution in [3.05, 3.63) is 55.3 Å². The van der Waals surface area contributed by atoms with E-state index in [9.17, 15) is 14.9 Å². The third-order valence-electron chi connectivity index (χ3n) is 2.78. The number of halogens is 3. The molecular weight excluding hydrogens is 355 g/mol. The van der Waals surface area contributed by atoms with Crippen LogP contribution in [0.25, 0.3) is 11.1 Å². The van der Waals surface area contributed by atoms with E-state index >= 15 is 0 Å². The Hall–Kier alpha value is -1.89. The van der Waals surface area contributed by atoms with E-state index in [-0.39, 0.29) is 26.4 Å². The Morgan fingerprint density at radius 2 is 1.77 bits per heavy atom. The molecule has 1 aromatic heterocycles. The minimum atomic E-state index is -1.21. The SMILES string of the molecule is O=C(O)Cc1ncc(-c2cc(Cl)c(Cl)c(Cl)c2)cc1[N+](=O)[O-]. The minimum absolute atomic E-state index is 0.132. The standard InChI is InChI=1S/C13H7Cl3N2O4/c14-8-1-6(2-9(15)13(8)16)7-3-11(18(21)22)10(17-5-7)4-12(19)20/h1-3,5H,4H2,(H,19,20). The van der Waals surface area contributed by atoms with Gasteiger partial charge < -0.3 is 5.11 Å². The van der Waals surface area contributed by atoms with E-state index in [1.807, 2.05) is 0 Å². The van der Waals surface area contributed by atoms with Gasteiger partial charge in [-0.2, -0.15) is 0 Å². The predicted molar refractivity (Wildman–Crippen MR) is 82.7 cm³/mol. The van der Waals surface area contributed by atoms with Crippen LogP contribution in [0.1, 0.15) is 5.69 Å². The highest BCUT2D eigenvalue weighted by molar-refractivity contribution is 6.48. The van der Waals surface area contributed by atoms with Gasteiger partial charge in [0.05, 0.1) is 26.4 Å². The summed E-state index contributed by atoms with van der Waals surface area (Å²) in [6.45, 7) is 0. The maximum absolute atomic E-state index is 11.1. The molecule has 9 heteroatoms. The summed E-state index contributed by atoms with van der Waals surface area (Å²) in [6, 6.07) is 4.21. The van der Waals surface area contributed by atoms with Gasteiger partial charge in [-0.15, -0.1) is 0 Å². The molecule has 0 radical (unpaired) electrons. The topological polar surface area (TPSA) is 93.3 Å². The molecule has 0 saturated carbocycles. The summed E-state index contributed by atoms with van der Waals surface area (Å²) < 4.78 is 0. The van der Waals surface area contributed by atoms with Crippen LogP contribution in [0.5, 0.6) is 0 Å². The molecule has 0 saturated heterocycles. The van der Waals surface area contributed by atoms with Crippen molar-refractivity contribution in [3.63, 3.8) is 0 Å². The molecule has 1 heterocycles. The molecule has 0 aliphatic carbocycles. The Kier molecular flexibility index (Phi) is 4.85. The number of benzene rings is 1. The summed E-state index contributed by atoms with van der Waals surface area (Å²) in [4.78, 5) is 25.0. The van der Waals surface area contributed by atoms with Crippen LogP contribution in [0.3, 0.4) is 0 Å². The van der Waals surface area contributed by atoms with Crippen molar-refractivity contribution in [2.45, 2.75) is 6.42 Å². The van der Waals surface area contributed by atoms with E-state index in [0.29, 0.717) is 11.1 Å². The summed E-state index contributed by atoms with van der Waals surface area (Å²) in [7, 11) is 0.